The summed E-state index contributed by atoms with van der Waals surface area (Å²) in [5.41, 5.74) is 2.45. The molecule has 0 aromatic heterocycles. The van der Waals surface area contributed by atoms with Gasteiger partial charge in [0.2, 0.25) is 0 Å². The van der Waals surface area contributed by atoms with Crippen molar-refractivity contribution in [3.05, 3.63) is 88.4 Å². The summed E-state index contributed by atoms with van der Waals surface area (Å²) in [7, 11) is 1.27. The molecule has 4 amide bonds. The van der Waals surface area contributed by atoms with Crippen LogP contribution in [0.5, 0.6) is 11.5 Å². The van der Waals surface area contributed by atoms with Crippen LogP contribution in [0, 0.1) is 12.7 Å². The van der Waals surface area contributed by atoms with E-state index in [0.29, 0.717) is 27.6 Å². The number of halogens is 2. The van der Waals surface area contributed by atoms with E-state index in [9.17, 15) is 23.6 Å². The zero-order valence-corrected chi connectivity index (χ0v) is 26.4. The lowest BCUT2D eigenvalue weighted by Gasteiger charge is -2.18. The topological polar surface area (TPSA) is 132 Å². The van der Waals surface area contributed by atoms with Crippen LogP contribution in [0.15, 0.2) is 72.0 Å². The number of carbonyl (C=O) groups is 4. The van der Waals surface area contributed by atoms with Gasteiger partial charge in [-0.3, -0.25) is 15.4 Å². The number of carbonyl (C=O) groups excluding carboxylic acids is 4. The maximum absolute atomic E-state index is 14.3. The highest BCUT2D eigenvalue weighted by molar-refractivity contribution is 6.32. The highest BCUT2D eigenvalue weighted by Gasteiger charge is 2.40. The van der Waals surface area contributed by atoms with Crippen molar-refractivity contribution in [1.29, 1.82) is 0 Å². The van der Waals surface area contributed by atoms with Gasteiger partial charge in [0.1, 0.15) is 17.3 Å². The first-order valence-electron chi connectivity index (χ1n) is 14.3. The summed E-state index contributed by atoms with van der Waals surface area (Å²) in [4.78, 5) is 48.0. The molecule has 46 heavy (non-hydrogen) atoms. The third-order valence-electron chi connectivity index (χ3n) is 6.80. The summed E-state index contributed by atoms with van der Waals surface area (Å²) < 4.78 is 34.7. The molecule has 0 bridgehead atoms. The standard InChI is InChI=1S/C17H17ClFNO4.C16H16N2O4/c1-9(2)15-16(21)20(17(22)24-15)13-8-14(11(18)7-12(13)19)23-10-5-3-4-6-10;1-11-5-3-6-12(9-11)18-16(20)22-14-8-4-7-13(10-14)17-15(19)21-2/h7-8,10H,3-6H2,1-2H3;3-10H,1-2H3,(H,17,19)(H,18,20). The van der Waals surface area contributed by atoms with E-state index in [0.717, 1.165) is 37.3 Å². The lowest BCUT2D eigenvalue weighted by atomic mass is 10.2. The maximum atomic E-state index is 14.3. The quantitative estimate of drug-likeness (QED) is 0.254. The molecule has 2 N–H and O–H groups in total. The first-order chi connectivity index (χ1) is 21.9. The Bertz CT molecular complexity index is 1670. The van der Waals surface area contributed by atoms with Crippen molar-refractivity contribution in [2.75, 3.05) is 22.6 Å². The van der Waals surface area contributed by atoms with Crippen LogP contribution in [0.3, 0.4) is 0 Å². The molecule has 3 aromatic carbocycles. The summed E-state index contributed by atoms with van der Waals surface area (Å²) >= 11 is 6.04. The fraction of sp³-hybridized carbons (Fsp3) is 0.273. The van der Waals surface area contributed by atoms with Crippen molar-refractivity contribution in [3.8, 4) is 11.5 Å². The number of allylic oxidation sites excluding steroid dienone is 1. The molecule has 0 atom stereocenters. The molecule has 0 unspecified atom stereocenters. The van der Waals surface area contributed by atoms with Crippen LogP contribution in [-0.2, 0) is 14.3 Å². The summed E-state index contributed by atoms with van der Waals surface area (Å²) in [5, 5.41) is 5.22. The Hall–Kier alpha value is -5.10. The first kappa shape index (κ1) is 33.8. The number of aryl methyl sites for hydroxylation is 1. The fourth-order valence-corrected chi connectivity index (χ4v) is 4.82. The molecule has 11 nitrogen and oxygen atoms in total. The van der Waals surface area contributed by atoms with Gasteiger partial charge < -0.3 is 18.9 Å². The molecule has 1 saturated carbocycles. The molecule has 242 valence electrons. The minimum absolute atomic E-state index is 0.00962. The minimum Gasteiger partial charge on any atom is -0.489 e. The Kier molecular flexibility index (Phi) is 11.2. The van der Waals surface area contributed by atoms with Gasteiger partial charge in [-0.25, -0.2) is 23.7 Å². The van der Waals surface area contributed by atoms with Crippen molar-refractivity contribution in [2.24, 2.45) is 0 Å². The number of amides is 4. The summed E-state index contributed by atoms with van der Waals surface area (Å²) in [6.45, 7) is 5.20. The zero-order valence-electron chi connectivity index (χ0n) is 25.6. The third-order valence-corrected chi connectivity index (χ3v) is 7.10. The van der Waals surface area contributed by atoms with Gasteiger partial charge in [0.15, 0.2) is 5.76 Å². The molecule has 5 rings (SSSR count). The van der Waals surface area contributed by atoms with Gasteiger partial charge in [0.25, 0.3) is 0 Å². The second kappa shape index (κ2) is 15.3. The lowest BCUT2D eigenvalue weighted by Crippen LogP contribution is -2.29. The van der Waals surface area contributed by atoms with E-state index in [1.807, 2.05) is 25.1 Å². The Morgan fingerprint density at radius 3 is 2.24 bits per heavy atom. The van der Waals surface area contributed by atoms with Gasteiger partial charge in [-0.05, 0) is 87.9 Å². The number of hydrogen-bond acceptors (Lipinski definition) is 8. The van der Waals surface area contributed by atoms with Crippen LogP contribution in [0.25, 0.3) is 0 Å². The zero-order chi connectivity index (χ0) is 33.4. The second-order valence-electron chi connectivity index (χ2n) is 10.6. The van der Waals surface area contributed by atoms with Crippen molar-refractivity contribution >= 4 is 52.8 Å². The average Bonchev–Trinajstić information content (AvgIpc) is 3.62. The van der Waals surface area contributed by atoms with Gasteiger partial charge in [0.05, 0.1) is 23.9 Å². The predicted molar refractivity (Wildman–Crippen MR) is 170 cm³/mol. The number of anilines is 3. The molecular weight excluding hydrogens is 621 g/mol. The number of imide groups is 1. The SMILES string of the molecule is CC(C)=C1OC(=O)N(c2cc(OC3CCCC3)c(Cl)cc2F)C1=O.COC(=O)Nc1cccc(OC(=O)Nc2cccc(C)c2)c1. The summed E-state index contributed by atoms with van der Waals surface area (Å²) in [6, 6.07) is 16.1. The normalized spacial score (nSPS) is 14.2. The molecule has 1 aliphatic carbocycles. The highest BCUT2D eigenvalue weighted by Crippen LogP contribution is 2.37. The van der Waals surface area contributed by atoms with Crippen LogP contribution in [0.4, 0.5) is 35.8 Å². The van der Waals surface area contributed by atoms with Gasteiger partial charge >= 0.3 is 24.2 Å². The number of benzene rings is 3. The van der Waals surface area contributed by atoms with Crippen molar-refractivity contribution < 1.29 is 42.5 Å². The van der Waals surface area contributed by atoms with Crippen molar-refractivity contribution in [2.45, 2.75) is 52.6 Å². The smallest absolute Gasteiger partial charge is 0.427 e. The molecule has 2 aliphatic rings. The number of methoxy groups -OCH3 is 1. The van der Waals surface area contributed by atoms with Gasteiger partial charge in [0, 0.05) is 23.5 Å². The van der Waals surface area contributed by atoms with E-state index in [2.05, 4.69) is 15.4 Å². The third kappa shape index (κ3) is 8.75. The Labute approximate surface area is 270 Å². The Balaban J connectivity index is 0.000000210. The van der Waals surface area contributed by atoms with E-state index >= 15 is 0 Å². The van der Waals surface area contributed by atoms with Crippen molar-refractivity contribution in [1.82, 2.24) is 0 Å². The number of ether oxygens (including phenoxy) is 4. The molecule has 0 radical (unpaired) electrons. The predicted octanol–water partition coefficient (Wildman–Crippen LogP) is 8.36. The lowest BCUT2D eigenvalue weighted by molar-refractivity contribution is -0.114. The number of nitrogens with one attached hydrogen (secondary N) is 2. The highest BCUT2D eigenvalue weighted by atomic mass is 35.5. The second-order valence-corrected chi connectivity index (χ2v) is 11.0. The van der Waals surface area contributed by atoms with Gasteiger partial charge in [-0.1, -0.05) is 29.8 Å². The van der Waals surface area contributed by atoms with E-state index in [1.165, 1.54) is 19.2 Å². The van der Waals surface area contributed by atoms with E-state index < -0.39 is 30.0 Å². The average molecular weight is 654 g/mol. The molecule has 1 saturated heterocycles. The summed E-state index contributed by atoms with van der Waals surface area (Å²) in [5.74, 6) is -1.02. The number of hydrogen-bond donors (Lipinski definition) is 2. The van der Waals surface area contributed by atoms with E-state index in [4.69, 9.17) is 25.8 Å². The molecule has 13 heteroatoms. The molecule has 1 aliphatic heterocycles. The van der Waals surface area contributed by atoms with Gasteiger partial charge in [-0.15, -0.1) is 0 Å². The Morgan fingerprint density at radius 2 is 1.61 bits per heavy atom. The number of cyclic esters (lactones) is 1. The Morgan fingerprint density at radius 1 is 0.957 bits per heavy atom. The molecule has 1 heterocycles. The van der Waals surface area contributed by atoms with Crippen LogP contribution in [0.2, 0.25) is 5.02 Å². The number of rotatable bonds is 6. The molecule has 3 aromatic rings. The van der Waals surface area contributed by atoms with E-state index in [1.54, 1.807) is 38.1 Å². The first-order valence-corrected chi connectivity index (χ1v) is 14.7. The molecule has 2 fully saturated rings. The van der Waals surface area contributed by atoms with Crippen molar-refractivity contribution in [3.63, 3.8) is 0 Å². The van der Waals surface area contributed by atoms with Gasteiger partial charge in [-0.2, -0.15) is 0 Å². The molecule has 0 spiro atoms. The fourth-order valence-electron chi connectivity index (χ4n) is 4.63. The molecular formula is C33H33ClFN3O8. The van der Waals surface area contributed by atoms with E-state index in [-0.39, 0.29) is 28.3 Å². The minimum atomic E-state index is -0.941. The van der Waals surface area contributed by atoms with Crippen LogP contribution in [-0.4, -0.2) is 37.4 Å². The summed E-state index contributed by atoms with van der Waals surface area (Å²) in [6.07, 6.45) is 1.79. The monoisotopic (exact) mass is 653 g/mol. The van der Waals surface area contributed by atoms with Crippen LogP contribution >= 0.6 is 11.6 Å². The number of nitrogens with zero attached hydrogens (tertiary/aromatic N) is 1. The largest absolute Gasteiger partial charge is 0.489 e. The van der Waals surface area contributed by atoms with Crippen LogP contribution in [0.1, 0.15) is 45.1 Å². The maximum Gasteiger partial charge on any atom is 0.427 e. The van der Waals surface area contributed by atoms with Crippen LogP contribution < -0.4 is 25.0 Å².